The number of anilines is 1. The average Bonchev–Trinajstić information content (AvgIpc) is 3.27. The van der Waals surface area contributed by atoms with Crippen molar-refractivity contribution >= 4 is 58.7 Å². The molecule has 0 bridgehead atoms. The summed E-state index contributed by atoms with van der Waals surface area (Å²) in [5.74, 6) is 0.0416. The molecule has 3 aliphatic rings. The van der Waals surface area contributed by atoms with E-state index in [1.165, 1.54) is 19.2 Å². The zero-order valence-electron chi connectivity index (χ0n) is 40.4. The third kappa shape index (κ3) is 10.7. The first-order valence-electron chi connectivity index (χ1n) is 22.7. The second-order valence-corrected chi connectivity index (χ2v) is 22.2. The number of ether oxygens (including phenoxy) is 1. The van der Waals surface area contributed by atoms with Crippen LogP contribution in [0.25, 0.3) is 33.4 Å². The number of likely N-dealkylation sites (N-methyl/N-ethyl adjacent to an activating group) is 1. The first kappa shape index (κ1) is 51.8. The Labute approximate surface area is 400 Å². The van der Waals surface area contributed by atoms with Crippen molar-refractivity contribution in [2.45, 2.75) is 114 Å². The van der Waals surface area contributed by atoms with Crippen molar-refractivity contribution in [2.75, 3.05) is 44.7 Å². The summed E-state index contributed by atoms with van der Waals surface area (Å²) in [6.07, 6.45) is 1.32. The van der Waals surface area contributed by atoms with Gasteiger partial charge >= 0.3 is 0 Å². The highest BCUT2D eigenvalue weighted by atomic mass is 32.2. The second kappa shape index (κ2) is 20.2. The van der Waals surface area contributed by atoms with Crippen molar-refractivity contribution in [3.63, 3.8) is 0 Å². The Morgan fingerprint density at radius 2 is 1.57 bits per heavy atom. The topological polar surface area (TPSA) is 243 Å². The van der Waals surface area contributed by atoms with Gasteiger partial charge in [0.1, 0.15) is 46.7 Å². The Morgan fingerprint density at radius 3 is 2.21 bits per heavy atom. The van der Waals surface area contributed by atoms with Crippen molar-refractivity contribution in [1.82, 2.24) is 19.3 Å². The smallest absolute Gasteiger partial charge is 0.295 e. The molecule has 368 valence electrons. The van der Waals surface area contributed by atoms with Crippen LogP contribution in [0, 0.1) is 20.8 Å². The number of rotatable bonds is 17. The van der Waals surface area contributed by atoms with Crippen molar-refractivity contribution < 1.29 is 43.8 Å². The molecule has 2 heterocycles. The minimum Gasteiger partial charge on any atom is -0.487 e. The lowest BCUT2D eigenvalue weighted by atomic mass is 9.88. The van der Waals surface area contributed by atoms with Crippen molar-refractivity contribution in [2.24, 2.45) is 10.7 Å². The highest BCUT2D eigenvalue weighted by Gasteiger charge is 2.34. The van der Waals surface area contributed by atoms with Crippen molar-refractivity contribution in [3.05, 3.63) is 82.2 Å². The third-order valence-corrected chi connectivity index (χ3v) is 16.7. The lowest BCUT2D eigenvalue weighted by molar-refractivity contribution is -0.122. The monoisotopic (exact) mass is 994 g/mol. The molecule has 68 heavy (non-hydrogen) atoms. The predicted molar refractivity (Wildman–Crippen MR) is 266 cm³/mol. The number of sulfonamides is 2. The molecule has 0 fully saturated rings. The molecule has 1 amide bonds. The Hall–Kier alpha value is -5.54. The molecule has 0 aromatic heterocycles. The van der Waals surface area contributed by atoms with E-state index < -0.39 is 57.9 Å². The summed E-state index contributed by atoms with van der Waals surface area (Å²) >= 11 is 0. The van der Waals surface area contributed by atoms with E-state index in [-0.39, 0.29) is 35.4 Å². The van der Waals surface area contributed by atoms with Gasteiger partial charge in [-0.2, -0.15) is 13.1 Å². The molecule has 20 heteroatoms. The molecular weight excluding hydrogens is 931 g/mol. The van der Waals surface area contributed by atoms with E-state index in [0.717, 1.165) is 48.9 Å². The number of nitrogens with one attached hydrogen (secondary N) is 3. The van der Waals surface area contributed by atoms with Gasteiger partial charge in [-0.25, -0.2) is 26.1 Å². The minimum atomic E-state index is -5.08. The third-order valence-electron chi connectivity index (χ3n) is 12.7. The Balaban J connectivity index is 1.29. The fourth-order valence-electron chi connectivity index (χ4n) is 8.96. The number of benzene rings is 4. The molecule has 0 spiro atoms. The molecule has 1 aliphatic carbocycles. The maximum absolute atomic E-state index is 14.0. The van der Waals surface area contributed by atoms with Crippen LogP contribution in [-0.2, 0) is 41.4 Å². The van der Waals surface area contributed by atoms with Gasteiger partial charge in [0, 0.05) is 66.6 Å². The van der Waals surface area contributed by atoms with Gasteiger partial charge in [0.05, 0.1) is 15.9 Å². The molecule has 1 atom stereocenters. The summed E-state index contributed by atoms with van der Waals surface area (Å²) in [5.41, 5.74) is 10.6. The van der Waals surface area contributed by atoms with Gasteiger partial charge in [-0.05, 0) is 141 Å². The Morgan fingerprint density at radius 1 is 0.897 bits per heavy atom. The number of hydrogen-bond acceptors (Lipinski definition) is 11. The maximum atomic E-state index is 14.0. The first-order valence-corrected chi connectivity index (χ1v) is 27.2. The summed E-state index contributed by atoms with van der Waals surface area (Å²) in [4.78, 5) is 18.3. The molecular formula is C48H64N7O10S3+. The fourth-order valence-corrected chi connectivity index (χ4v) is 12.5. The summed E-state index contributed by atoms with van der Waals surface area (Å²) < 4.78 is 112. The fraction of sp³-hybridized carbons (Fsp3) is 0.438. The second-order valence-electron chi connectivity index (χ2n) is 17.5. The summed E-state index contributed by atoms with van der Waals surface area (Å²) in [7, 11) is -12.6. The van der Waals surface area contributed by atoms with E-state index in [9.17, 15) is 34.6 Å². The lowest BCUT2D eigenvalue weighted by Crippen LogP contribution is -2.45. The number of aliphatic imine (C=N–C) groups is 1. The van der Waals surface area contributed by atoms with E-state index in [4.69, 9.17) is 14.9 Å². The van der Waals surface area contributed by atoms with Crippen LogP contribution in [0.1, 0.15) is 83.1 Å². The first-order chi connectivity index (χ1) is 31.9. The van der Waals surface area contributed by atoms with Crippen LogP contribution in [0.2, 0.25) is 0 Å². The number of amides is 1. The number of guanidine groups is 1. The van der Waals surface area contributed by atoms with Crippen LogP contribution < -0.4 is 40.1 Å². The summed E-state index contributed by atoms with van der Waals surface area (Å²) in [6.45, 7) is 20.2. The zero-order valence-corrected chi connectivity index (χ0v) is 42.9. The van der Waals surface area contributed by atoms with Gasteiger partial charge < -0.3 is 25.1 Å². The van der Waals surface area contributed by atoms with Gasteiger partial charge in [0.15, 0.2) is 0 Å². The van der Waals surface area contributed by atoms with Gasteiger partial charge in [0.25, 0.3) is 20.1 Å². The summed E-state index contributed by atoms with van der Waals surface area (Å²) in [5, 5.41) is 3.84. The molecule has 1 unspecified atom stereocenters. The normalized spacial score (nSPS) is 14.6. The van der Waals surface area contributed by atoms with Crippen LogP contribution in [0.4, 0.5) is 5.69 Å². The highest BCUT2D eigenvalue weighted by Crippen LogP contribution is 2.44. The van der Waals surface area contributed by atoms with Crippen molar-refractivity contribution in [1.29, 1.82) is 0 Å². The van der Waals surface area contributed by atoms with Gasteiger partial charge in [-0.1, -0.05) is 6.07 Å². The van der Waals surface area contributed by atoms with E-state index in [0.29, 0.717) is 63.1 Å². The predicted octanol–water partition coefficient (Wildman–Crippen LogP) is 5.60. The van der Waals surface area contributed by atoms with E-state index in [2.05, 4.69) is 29.2 Å². The van der Waals surface area contributed by atoms with Crippen LogP contribution >= 0.6 is 0 Å². The lowest BCUT2D eigenvalue weighted by Gasteiger charge is -2.35. The number of fused-ring (bicyclic) bond motifs is 3. The molecule has 17 nitrogen and oxygen atoms in total. The molecule has 0 saturated heterocycles. The van der Waals surface area contributed by atoms with Gasteiger partial charge in [-0.15, -0.1) is 0 Å². The van der Waals surface area contributed by atoms with Crippen molar-refractivity contribution in [3.8, 4) is 28.2 Å². The number of carbonyl (C=O) groups excluding carboxylic acids is 1. The number of nitrogens with two attached hydrogens (primary N) is 1. The SMILES string of the molecule is CCN(CC)c1ccc2c(-c3ccc(S(=O)(=O)NC(CCCN=C(N)NS(=O)(=O)c4c(C)c(C)c5c(c4C)CCC(C)(C)O5)C(=O)NC)cc3S(=O)(=O)O)c3ccc(=[N+](CC)CC)cc-3oc2c1. The van der Waals surface area contributed by atoms with E-state index >= 15 is 0 Å². The molecule has 0 saturated carbocycles. The molecule has 6 N–H and O–H groups in total. The highest BCUT2D eigenvalue weighted by molar-refractivity contribution is 7.90. The molecule has 2 aliphatic heterocycles. The number of nitrogens with zero attached hydrogens (tertiary/aromatic N) is 3. The van der Waals surface area contributed by atoms with Crippen LogP contribution in [-0.4, -0.2) is 93.1 Å². The molecule has 6 rings (SSSR count). The summed E-state index contributed by atoms with van der Waals surface area (Å²) in [6, 6.07) is 13.2. The van der Waals surface area contributed by atoms with E-state index in [1.807, 2.05) is 84.9 Å². The van der Waals surface area contributed by atoms with Gasteiger partial charge in [-0.3, -0.25) is 14.3 Å². The zero-order chi connectivity index (χ0) is 50.1. The Bertz CT molecular complexity index is 3170. The number of carbonyl (C=O) groups is 1. The molecule has 0 radical (unpaired) electrons. The van der Waals surface area contributed by atoms with Crippen LogP contribution in [0.15, 0.2) is 78.7 Å². The maximum Gasteiger partial charge on any atom is 0.295 e. The van der Waals surface area contributed by atoms with Crippen LogP contribution in [0.3, 0.4) is 0 Å². The van der Waals surface area contributed by atoms with E-state index in [1.54, 1.807) is 13.8 Å². The Kier molecular flexibility index (Phi) is 15.4. The minimum absolute atomic E-state index is 0.0301. The standard InChI is InChI=1S/C48H63N7O10S3/c1-11-54(12-2)32-17-20-36-40(26-32)64-41-27-33(55(13-3)14-4)18-21-37(41)43(36)38-22-19-34(28-42(38)68(61,62)63)66(57,58)52-39(46(56)50-10)16-15-25-51-47(49)53-67(59,60)45-30(6)29(5)44-35(31(45)7)23-24-48(8,9)65-44/h17-22,26-28,39,52H,11-16,23-25H2,1-10H3,(H4-,49,50,51,53,56,61,62,63)/p+1. The largest absolute Gasteiger partial charge is 0.487 e. The molecule has 3 aromatic carbocycles. The number of hydrogen-bond donors (Lipinski definition) is 5. The average molecular weight is 995 g/mol. The quantitative estimate of drug-likeness (QED) is 0.0191. The molecule has 3 aromatic rings. The van der Waals surface area contributed by atoms with Gasteiger partial charge in [0.2, 0.25) is 27.2 Å². The van der Waals surface area contributed by atoms with Crippen LogP contribution in [0.5, 0.6) is 5.75 Å².